The second-order valence-electron chi connectivity index (χ2n) is 3.91. The molecule has 0 aromatic carbocycles. The van der Waals surface area contributed by atoms with Crippen LogP contribution in [0.15, 0.2) is 0 Å². The van der Waals surface area contributed by atoms with E-state index in [4.69, 9.17) is 9.84 Å². The maximum absolute atomic E-state index is 11.5. The van der Waals surface area contributed by atoms with Gasteiger partial charge in [-0.1, -0.05) is 0 Å². The van der Waals surface area contributed by atoms with Gasteiger partial charge in [-0.25, -0.2) is 9.59 Å². The number of ether oxygens (including phenoxy) is 1. The molecule has 0 spiro atoms. The van der Waals surface area contributed by atoms with E-state index in [1.807, 2.05) is 0 Å². The van der Waals surface area contributed by atoms with Crippen LogP contribution in [-0.2, 0) is 9.53 Å². The number of amides is 2. The van der Waals surface area contributed by atoms with E-state index >= 15 is 0 Å². The largest absolute Gasteiger partial charge is 0.480 e. The molecule has 0 saturated heterocycles. The van der Waals surface area contributed by atoms with E-state index in [0.717, 1.165) is 25.9 Å². The summed E-state index contributed by atoms with van der Waals surface area (Å²) in [5, 5.41) is 11.4. The van der Waals surface area contributed by atoms with Crippen LogP contribution in [0.3, 0.4) is 0 Å². The zero-order valence-corrected chi connectivity index (χ0v) is 10.7. The van der Waals surface area contributed by atoms with E-state index in [2.05, 4.69) is 5.32 Å². The molecule has 0 aliphatic heterocycles. The Labute approximate surface area is 102 Å². The summed E-state index contributed by atoms with van der Waals surface area (Å²) in [6.45, 7) is 2.75. The van der Waals surface area contributed by atoms with E-state index in [0.29, 0.717) is 6.54 Å². The summed E-state index contributed by atoms with van der Waals surface area (Å²) in [5.41, 5.74) is 0. The van der Waals surface area contributed by atoms with Crippen LogP contribution in [0.1, 0.15) is 26.2 Å². The number of nitrogens with zero attached hydrogens (tertiary/aromatic N) is 1. The first-order valence-electron chi connectivity index (χ1n) is 5.73. The molecule has 6 nitrogen and oxygen atoms in total. The number of rotatable bonds is 8. The average Bonchev–Trinajstić information content (AvgIpc) is 2.31. The first-order valence-corrected chi connectivity index (χ1v) is 5.73. The molecule has 17 heavy (non-hydrogen) atoms. The number of methoxy groups -OCH3 is 1. The summed E-state index contributed by atoms with van der Waals surface area (Å²) < 4.78 is 4.90. The minimum Gasteiger partial charge on any atom is -0.480 e. The third-order valence-corrected chi connectivity index (χ3v) is 2.56. The van der Waals surface area contributed by atoms with E-state index in [1.165, 1.54) is 18.9 Å². The Balaban J connectivity index is 3.68. The molecular formula is C11H22N2O4. The Bertz CT molecular complexity index is 246. The van der Waals surface area contributed by atoms with Gasteiger partial charge in [0.2, 0.25) is 0 Å². The normalized spacial score (nSPS) is 11.9. The number of nitrogens with one attached hydrogen (secondary N) is 1. The number of urea groups is 1. The molecule has 6 heteroatoms. The first kappa shape index (κ1) is 15.7. The minimum atomic E-state index is -1.01. The van der Waals surface area contributed by atoms with Gasteiger partial charge in [-0.05, 0) is 26.2 Å². The van der Waals surface area contributed by atoms with Crippen LogP contribution in [0.4, 0.5) is 4.79 Å². The van der Waals surface area contributed by atoms with Crippen LogP contribution in [0.5, 0.6) is 0 Å². The maximum Gasteiger partial charge on any atom is 0.326 e. The van der Waals surface area contributed by atoms with Crippen molar-refractivity contribution in [3.8, 4) is 0 Å². The number of hydrogen-bond acceptors (Lipinski definition) is 3. The summed E-state index contributed by atoms with van der Waals surface area (Å²) in [5.74, 6) is -1.01. The van der Waals surface area contributed by atoms with Gasteiger partial charge in [0.15, 0.2) is 0 Å². The van der Waals surface area contributed by atoms with Crippen molar-refractivity contribution in [2.24, 2.45) is 0 Å². The molecule has 2 N–H and O–H groups in total. The highest BCUT2D eigenvalue weighted by Gasteiger charge is 2.20. The van der Waals surface area contributed by atoms with Crippen molar-refractivity contribution in [1.82, 2.24) is 10.2 Å². The molecule has 0 aromatic rings. The number of carbonyl (C=O) groups is 2. The molecule has 100 valence electrons. The minimum absolute atomic E-state index is 0.355. The number of hydrogen-bond donors (Lipinski definition) is 2. The van der Waals surface area contributed by atoms with Crippen molar-refractivity contribution in [2.45, 2.75) is 32.2 Å². The van der Waals surface area contributed by atoms with Crippen LogP contribution < -0.4 is 5.32 Å². The molecule has 2 amide bonds. The Hall–Kier alpha value is -1.30. The fourth-order valence-electron chi connectivity index (χ4n) is 1.21. The molecule has 0 radical (unpaired) electrons. The molecule has 1 atom stereocenters. The van der Waals surface area contributed by atoms with Crippen molar-refractivity contribution in [3.05, 3.63) is 0 Å². The fourth-order valence-corrected chi connectivity index (χ4v) is 1.21. The van der Waals surface area contributed by atoms with Gasteiger partial charge in [-0.3, -0.25) is 0 Å². The first-order chi connectivity index (χ1) is 8.00. The lowest BCUT2D eigenvalue weighted by Gasteiger charge is -2.21. The highest BCUT2D eigenvalue weighted by Crippen LogP contribution is 1.97. The quantitative estimate of drug-likeness (QED) is 0.624. The van der Waals surface area contributed by atoms with Crippen LogP contribution in [0.25, 0.3) is 0 Å². The van der Waals surface area contributed by atoms with Crippen LogP contribution in [-0.4, -0.2) is 55.4 Å². The van der Waals surface area contributed by atoms with E-state index in [-0.39, 0.29) is 6.03 Å². The lowest BCUT2D eigenvalue weighted by molar-refractivity contribution is -0.141. The Morgan fingerprint density at radius 3 is 2.53 bits per heavy atom. The van der Waals surface area contributed by atoms with Gasteiger partial charge in [0.25, 0.3) is 0 Å². The molecule has 0 aromatic heterocycles. The number of carboxylic acid groups (broad SMARTS) is 1. The van der Waals surface area contributed by atoms with Gasteiger partial charge in [0, 0.05) is 27.3 Å². The number of likely N-dealkylation sites (N-methyl/N-ethyl adjacent to an activating group) is 1. The van der Waals surface area contributed by atoms with Gasteiger partial charge >= 0.3 is 12.0 Å². The monoisotopic (exact) mass is 246 g/mol. The van der Waals surface area contributed by atoms with Crippen LogP contribution in [0.2, 0.25) is 0 Å². The standard InChI is InChI=1S/C11H22N2O4/c1-9(10(14)15)13(2)11(16)12-7-5-4-6-8-17-3/h9H,4-8H2,1-3H3,(H,12,16)(H,14,15). The second kappa shape index (κ2) is 8.81. The van der Waals surface area contributed by atoms with Crippen LogP contribution in [0, 0.1) is 0 Å². The van der Waals surface area contributed by atoms with Gasteiger partial charge in [-0.2, -0.15) is 0 Å². The van der Waals surface area contributed by atoms with Crippen LogP contribution >= 0.6 is 0 Å². The number of unbranched alkanes of at least 4 members (excludes halogenated alkanes) is 2. The van der Waals surface area contributed by atoms with Crippen molar-refractivity contribution < 1.29 is 19.4 Å². The van der Waals surface area contributed by atoms with E-state index in [9.17, 15) is 9.59 Å². The van der Waals surface area contributed by atoms with E-state index in [1.54, 1.807) is 7.11 Å². The second-order valence-corrected chi connectivity index (χ2v) is 3.91. The zero-order valence-electron chi connectivity index (χ0n) is 10.7. The predicted molar refractivity (Wildman–Crippen MR) is 64.0 cm³/mol. The Kier molecular flexibility index (Phi) is 8.13. The van der Waals surface area contributed by atoms with Gasteiger partial charge in [0.1, 0.15) is 6.04 Å². The topological polar surface area (TPSA) is 78.9 Å². The third kappa shape index (κ3) is 6.78. The molecule has 0 heterocycles. The highest BCUT2D eigenvalue weighted by molar-refractivity contribution is 5.82. The van der Waals surface area contributed by atoms with Crippen molar-refractivity contribution >= 4 is 12.0 Å². The van der Waals surface area contributed by atoms with Gasteiger partial charge < -0.3 is 20.1 Å². The smallest absolute Gasteiger partial charge is 0.326 e. The van der Waals surface area contributed by atoms with Gasteiger partial charge in [-0.15, -0.1) is 0 Å². The number of carbonyl (C=O) groups excluding carboxylic acids is 1. The Morgan fingerprint density at radius 2 is 2.00 bits per heavy atom. The Morgan fingerprint density at radius 1 is 1.35 bits per heavy atom. The molecular weight excluding hydrogens is 224 g/mol. The molecule has 0 fully saturated rings. The van der Waals surface area contributed by atoms with E-state index < -0.39 is 12.0 Å². The maximum atomic E-state index is 11.5. The summed E-state index contributed by atoms with van der Waals surface area (Å²) in [6.07, 6.45) is 2.81. The molecule has 0 aliphatic carbocycles. The lowest BCUT2D eigenvalue weighted by atomic mass is 10.2. The fraction of sp³-hybridized carbons (Fsp3) is 0.818. The summed E-state index contributed by atoms with van der Waals surface area (Å²) in [4.78, 5) is 23.3. The number of aliphatic carboxylic acids is 1. The molecule has 0 rings (SSSR count). The van der Waals surface area contributed by atoms with Crippen molar-refractivity contribution in [2.75, 3.05) is 27.3 Å². The summed E-state index contributed by atoms with van der Waals surface area (Å²) in [7, 11) is 3.13. The summed E-state index contributed by atoms with van der Waals surface area (Å²) in [6, 6.07) is -1.17. The SMILES string of the molecule is COCCCCCNC(=O)N(C)C(C)C(=O)O. The lowest BCUT2D eigenvalue weighted by Crippen LogP contribution is -2.45. The van der Waals surface area contributed by atoms with Crippen molar-refractivity contribution in [3.63, 3.8) is 0 Å². The molecule has 0 bridgehead atoms. The average molecular weight is 246 g/mol. The zero-order chi connectivity index (χ0) is 13.3. The van der Waals surface area contributed by atoms with Crippen molar-refractivity contribution in [1.29, 1.82) is 0 Å². The molecule has 0 saturated carbocycles. The third-order valence-electron chi connectivity index (χ3n) is 2.56. The summed E-state index contributed by atoms with van der Waals surface area (Å²) >= 11 is 0. The molecule has 1 unspecified atom stereocenters. The molecule has 0 aliphatic rings. The highest BCUT2D eigenvalue weighted by atomic mass is 16.5. The number of carboxylic acids is 1. The van der Waals surface area contributed by atoms with Gasteiger partial charge in [0.05, 0.1) is 0 Å². The predicted octanol–water partition coefficient (Wildman–Crippen LogP) is 0.918.